The van der Waals surface area contributed by atoms with Gasteiger partial charge in [0.05, 0.1) is 18.5 Å². The molecule has 1 aliphatic heterocycles. The van der Waals surface area contributed by atoms with E-state index in [1.54, 1.807) is 30.0 Å². The highest BCUT2D eigenvalue weighted by atomic mass is 19.1. The van der Waals surface area contributed by atoms with Gasteiger partial charge in [0, 0.05) is 18.7 Å². The third kappa shape index (κ3) is 5.11. The molecule has 0 unspecified atom stereocenters. The minimum absolute atomic E-state index is 0.200. The van der Waals surface area contributed by atoms with Crippen LogP contribution in [0.15, 0.2) is 54.6 Å². The predicted molar refractivity (Wildman–Crippen MR) is 118 cm³/mol. The van der Waals surface area contributed by atoms with Gasteiger partial charge < -0.3 is 15.0 Å². The summed E-state index contributed by atoms with van der Waals surface area (Å²) in [6.45, 7) is 3.59. The molecule has 1 N–H and O–H groups in total. The van der Waals surface area contributed by atoms with Crippen LogP contribution in [0, 0.1) is 5.82 Å². The van der Waals surface area contributed by atoms with Crippen molar-refractivity contribution in [3.8, 4) is 22.7 Å². The molecule has 1 aromatic heterocycles. The number of nitrogens with zero attached hydrogens (tertiary/aromatic N) is 3. The summed E-state index contributed by atoms with van der Waals surface area (Å²) >= 11 is 0. The Hall–Kier alpha value is -3.19. The number of benzene rings is 2. The Balaban J connectivity index is 1.56. The van der Waals surface area contributed by atoms with Crippen molar-refractivity contribution in [3.05, 3.63) is 66.1 Å². The molecule has 3 aromatic rings. The largest absolute Gasteiger partial charge is 0.497 e. The molecule has 0 bridgehead atoms. The molecule has 1 fully saturated rings. The number of carbonyl (C=O) groups is 1. The Morgan fingerprint density at radius 1 is 1.06 bits per heavy atom. The molecule has 2 heterocycles. The number of nitrogens with one attached hydrogen (secondary N) is 1. The van der Waals surface area contributed by atoms with E-state index in [2.05, 4.69) is 15.3 Å². The van der Waals surface area contributed by atoms with Crippen molar-refractivity contribution in [1.82, 2.24) is 20.0 Å². The van der Waals surface area contributed by atoms with E-state index in [1.165, 1.54) is 31.4 Å². The lowest BCUT2D eigenvalue weighted by Gasteiger charge is -2.26. The molecule has 0 spiro atoms. The van der Waals surface area contributed by atoms with Gasteiger partial charge >= 0.3 is 0 Å². The van der Waals surface area contributed by atoms with Crippen molar-refractivity contribution in [1.29, 1.82) is 0 Å². The average molecular weight is 423 g/mol. The quantitative estimate of drug-likeness (QED) is 0.627. The van der Waals surface area contributed by atoms with Gasteiger partial charge in [-0.15, -0.1) is 0 Å². The van der Waals surface area contributed by atoms with E-state index in [9.17, 15) is 9.18 Å². The van der Waals surface area contributed by atoms with Gasteiger partial charge in [-0.2, -0.15) is 5.10 Å². The van der Waals surface area contributed by atoms with E-state index in [0.29, 0.717) is 23.6 Å². The standard InChI is InChI=1S/C24H27FN4O2/c1-31-21-11-5-18(6-12-21)22-17-23(29(27-22)20-9-7-19(25)8-10-20)24(30)26-13-16-28-14-3-2-4-15-28/h5-12,17H,2-4,13-16H2,1H3,(H,26,30). The molecule has 0 aliphatic carbocycles. The van der Waals surface area contributed by atoms with Crippen LogP contribution in [-0.2, 0) is 0 Å². The van der Waals surface area contributed by atoms with E-state index < -0.39 is 0 Å². The van der Waals surface area contributed by atoms with Crippen LogP contribution in [0.1, 0.15) is 29.8 Å². The van der Waals surface area contributed by atoms with Crippen LogP contribution < -0.4 is 10.1 Å². The monoisotopic (exact) mass is 422 g/mol. The van der Waals surface area contributed by atoms with Gasteiger partial charge in [0.25, 0.3) is 5.91 Å². The molecule has 1 amide bonds. The molecule has 0 atom stereocenters. The zero-order chi connectivity index (χ0) is 21.6. The summed E-state index contributed by atoms with van der Waals surface area (Å²) in [6.07, 6.45) is 3.72. The number of methoxy groups -OCH3 is 1. The Morgan fingerprint density at radius 3 is 2.45 bits per heavy atom. The summed E-state index contributed by atoms with van der Waals surface area (Å²) in [5.41, 5.74) is 2.57. The second-order valence-electron chi connectivity index (χ2n) is 7.69. The molecule has 7 heteroatoms. The highest BCUT2D eigenvalue weighted by Crippen LogP contribution is 2.24. The number of ether oxygens (including phenoxy) is 1. The number of aromatic nitrogens is 2. The second kappa shape index (κ2) is 9.75. The molecule has 1 saturated heterocycles. The SMILES string of the molecule is COc1ccc(-c2cc(C(=O)NCCN3CCCCC3)n(-c3ccc(F)cc3)n2)cc1. The molecule has 4 rings (SSSR count). The average Bonchev–Trinajstić information content (AvgIpc) is 3.26. The highest BCUT2D eigenvalue weighted by molar-refractivity contribution is 5.94. The smallest absolute Gasteiger partial charge is 0.270 e. The molecule has 6 nitrogen and oxygen atoms in total. The van der Waals surface area contributed by atoms with E-state index >= 15 is 0 Å². The lowest BCUT2D eigenvalue weighted by atomic mass is 10.1. The van der Waals surface area contributed by atoms with E-state index in [0.717, 1.165) is 30.9 Å². The van der Waals surface area contributed by atoms with Gasteiger partial charge in [-0.25, -0.2) is 9.07 Å². The van der Waals surface area contributed by atoms with Crippen molar-refractivity contribution in [2.75, 3.05) is 33.3 Å². The van der Waals surface area contributed by atoms with Crippen LogP contribution in [0.3, 0.4) is 0 Å². The highest BCUT2D eigenvalue weighted by Gasteiger charge is 2.18. The van der Waals surface area contributed by atoms with Crippen LogP contribution in [0.2, 0.25) is 0 Å². The zero-order valence-electron chi connectivity index (χ0n) is 17.7. The molecule has 162 valence electrons. The first-order chi connectivity index (χ1) is 15.1. The summed E-state index contributed by atoms with van der Waals surface area (Å²) < 4.78 is 20.2. The predicted octanol–water partition coefficient (Wildman–Crippen LogP) is 3.90. The number of hydrogen-bond donors (Lipinski definition) is 1. The molecule has 1 aliphatic rings. The Bertz CT molecular complexity index is 1010. The number of rotatable bonds is 7. The minimum atomic E-state index is -0.334. The van der Waals surface area contributed by atoms with Gasteiger partial charge in [0.2, 0.25) is 0 Å². The molecular weight excluding hydrogens is 395 g/mol. The van der Waals surface area contributed by atoms with Gasteiger partial charge in [0.1, 0.15) is 17.3 Å². The first-order valence-corrected chi connectivity index (χ1v) is 10.6. The first-order valence-electron chi connectivity index (χ1n) is 10.6. The van der Waals surface area contributed by atoms with Crippen molar-refractivity contribution in [2.45, 2.75) is 19.3 Å². The second-order valence-corrected chi connectivity index (χ2v) is 7.69. The number of likely N-dealkylation sites (tertiary alicyclic amines) is 1. The first kappa shape index (κ1) is 21.1. The number of amides is 1. The molecular formula is C24H27FN4O2. The Morgan fingerprint density at radius 2 is 1.77 bits per heavy atom. The van der Waals surface area contributed by atoms with Crippen LogP contribution in [-0.4, -0.2) is 53.9 Å². The third-order valence-corrected chi connectivity index (χ3v) is 5.56. The van der Waals surface area contributed by atoms with Gasteiger partial charge in [0.15, 0.2) is 0 Å². The summed E-state index contributed by atoms with van der Waals surface area (Å²) in [4.78, 5) is 15.4. The summed E-state index contributed by atoms with van der Waals surface area (Å²) in [5, 5.41) is 7.65. The summed E-state index contributed by atoms with van der Waals surface area (Å²) in [6, 6.07) is 15.2. The van der Waals surface area contributed by atoms with Crippen molar-refractivity contribution < 1.29 is 13.9 Å². The fourth-order valence-corrected chi connectivity index (χ4v) is 3.83. The van der Waals surface area contributed by atoms with Crippen molar-refractivity contribution in [3.63, 3.8) is 0 Å². The maximum Gasteiger partial charge on any atom is 0.270 e. The zero-order valence-corrected chi connectivity index (χ0v) is 17.7. The lowest BCUT2D eigenvalue weighted by molar-refractivity contribution is 0.0939. The van der Waals surface area contributed by atoms with Gasteiger partial charge in [-0.1, -0.05) is 6.42 Å². The van der Waals surface area contributed by atoms with E-state index in [-0.39, 0.29) is 11.7 Å². The number of carbonyl (C=O) groups excluding carboxylic acids is 1. The number of halogens is 1. The van der Waals surface area contributed by atoms with Crippen LogP contribution in [0.25, 0.3) is 16.9 Å². The maximum absolute atomic E-state index is 13.4. The van der Waals surface area contributed by atoms with E-state index in [1.807, 2.05) is 24.3 Å². The lowest BCUT2D eigenvalue weighted by Crippen LogP contribution is -2.38. The fraction of sp³-hybridized carbons (Fsp3) is 0.333. The topological polar surface area (TPSA) is 59.4 Å². The van der Waals surface area contributed by atoms with Crippen molar-refractivity contribution in [2.24, 2.45) is 0 Å². The van der Waals surface area contributed by atoms with E-state index in [4.69, 9.17) is 4.74 Å². The Labute approximate surface area is 181 Å². The summed E-state index contributed by atoms with van der Waals surface area (Å²) in [7, 11) is 1.62. The van der Waals surface area contributed by atoms with Gasteiger partial charge in [-0.3, -0.25) is 4.79 Å². The third-order valence-electron chi connectivity index (χ3n) is 5.56. The van der Waals surface area contributed by atoms with Gasteiger partial charge in [-0.05, 0) is 80.5 Å². The normalized spacial score (nSPS) is 14.4. The molecule has 0 saturated carbocycles. The number of hydrogen-bond acceptors (Lipinski definition) is 4. The minimum Gasteiger partial charge on any atom is -0.497 e. The van der Waals surface area contributed by atoms with Crippen LogP contribution in [0.4, 0.5) is 4.39 Å². The number of piperidine rings is 1. The van der Waals surface area contributed by atoms with Crippen LogP contribution in [0.5, 0.6) is 5.75 Å². The molecule has 0 radical (unpaired) electrons. The summed E-state index contributed by atoms with van der Waals surface area (Å²) in [5.74, 6) is 0.213. The molecule has 31 heavy (non-hydrogen) atoms. The maximum atomic E-state index is 13.4. The molecule has 2 aromatic carbocycles. The Kier molecular flexibility index (Phi) is 6.62. The van der Waals surface area contributed by atoms with Crippen LogP contribution >= 0.6 is 0 Å². The fourth-order valence-electron chi connectivity index (χ4n) is 3.83. The van der Waals surface area contributed by atoms with Crippen molar-refractivity contribution >= 4 is 5.91 Å².